The van der Waals surface area contributed by atoms with E-state index in [-0.39, 0.29) is 23.5 Å². The van der Waals surface area contributed by atoms with Crippen LogP contribution in [0.25, 0.3) is 0 Å². The van der Waals surface area contributed by atoms with Crippen molar-refractivity contribution >= 4 is 0 Å². The lowest BCUT2D eigenvalue weighted by Crippen LogP contribution is -2.57. The summed E-state index contributed by atoms with van der Waals surface area (Å²) in [6, 6.07) is 4.39. The molecule has 1 fully saturated rings. The molecule has 1 aromatic rings. The Morgan fingerprint density at radius 1 is 1.09 bits per heavy atom. The lowest BCUT2D eigenvalue weighted by molar-refractivity contribution is -0.289. The summed E-state index contributed by atoms with van der Waals surface area (Å²) >= 11 is 0. The van der Waals surface area contributed by atoms with Gasteiger partial charge < -0.3 is 19.3 Å². The first-order chi connectivity index (χ1) is 10.8. The molecule has 1 aromatic carbocycles. The van der Waals surface area contributed by atoms with Gasteiger partial charge >= 0.3 is 0 Å². The minimum absolute atomic E-state index is 0.0735. The van der Waals surface area contributed by atoms with Gasteiger partial charge in [-0.25, -0.2) is 0 Å². The summed E-state index contributed by atoms with van der Waals surface area (Å²) < 4.78 is 18.1. The van der Waals surface area contributed by atoms with Gasteiger partial charge in [-0.3, -0.25) is 0 Å². The third-order valence-electron chi connectivity index (χ3n) is 5.56. The highest BCUT2D eigenvalue weighted by molar-refractivity contribution is 5.36. The highest BCUT2D eigenvalue weighted by Gasteiger charge is 2.49. The zero-order valence-electron chi connectivity index (χ0n) is 14.8. The van der Waals surface area contributed by atoms with Gasteiger partial charge in [-0.1, -0.05) is 32.9 Å². The minimum atomic E-state index is -0.805. The molecule has 2 aliphatic heterocycles. The topological polar surface area (TPSA) is 47.9 Å². The van der Waals surface area contributed by atoms with Gasteiger partial charge in [-0.2, -0.15) is 0 Å². The van der Waals surface area contributed by atoms with Crippen molar-refractivity contribution < 1.29 is 19.3 Å². The summed E-state index contributed by atoms with van der Waals surface area (Å²) in [4.78, 5) is 0. The molecule has 3 unspecified atom stereocenters. The van der Waals surface area contributed by atoms with Crippen molar-refractivity contribution in [2.24, 2.45) is 11.3 Å². The molecule has 0 saturated carbocycles. The van der Waals surface area contributed by atoms with Gasteiger partial charge in [-0.15, -0.1) is 0 Å². The molecular weight excluding hydrogens is 292 g/mol. The average molecular weight is 320 g/mol. The SMILES string of the molecule is Cc1cc2c(cc1C)CO[C@H]1C(C)C(O)OC(COC2)C1(C)C. The molecule has 2 aliphatic rings. The molecule has 23 heavy (non-hydrogen) atoms. The predicted octanol–water partition coefficient (Wildman–Crippen LogP) is 3.10. The van der Waals surface area contributed by atoms with Crippen LogP contribution in [0.15, 0.2) is 12.1 Å². The number of rotatable bonds is 0. The van der Waals surface area contributed by atoms with Crippen LogP contribution in [0.1, 0.15) is 43.0 Å². The normalized spacial score (nSPS) is 33.8. The van der Waals surface area contributed by atoms with Gasteiger partial charge in [0.15, 0.2) is 6.29 Å². The molecule has 0 radical (unpaired) electrons. The van der Waals surface area contributed by atoms with Gasteiger partial charge in [0.25, 0.3) is 0 Å². The Balaban J connectivity index is 1.95. The predicted molar refractivity (Wildman–Crippen MR) is 88.0 cm³/mol. The molecule has 3 rings (SSSR count). The summed E-state index contributed by atoms with van der Waals surface area (Å²) in [5.41, 5.74) is 4.68. The highest BCUT2D eigenvalue weighted by Crippen LogP contribution is 2.42. The molecular formula is C19H28O4. The van der Waals surface area contributed by atoms with Crippen molar-refractivity contribution in [3.8, 4) is 0 Å². The first-order valence-electron chi connectivity index (χ1n) is 8.42. The van der Waals surface area contributed by atoms with E-state index in [1.165, 1.54) is 22.3 Å². The van der Waals surface area contributed by atoms with E-state index in [0.717, 1.165) is 0 Å². The van der Waals surface area contributed by atoms with Crippen LogP contribution in [0.2, 0.25) is 0 Å². The summed E-state index contributed by atoms with van der Waals surface area (Å²) in [5, 5.41) is 10.2. The maximum atomic E-state index is 10.2. The lowest BCUT2D eigenvalue weighted by Gasteiger charge is -2.49. The number of aliphatic hydroxyl groups is 1. The van der Waals surface area contributed by atoms with Crippen LogP contribution in [0.4, 0.5) is 0 Å². The fourth-order valence-electron chi connectivity index (χ4n) is 3.76. The van der Waals surface area contributed by atoms with Gasteiger partial charge in [0.1, 0.15) is 0 Å². The largest absolute Gasteiger partial charge is 0.374 e. The van der Waals surface area contributed by atoms with Crippen LogP contribution in [0.3, 0.4) is 0 Å². The summed E-state index contributed by atoms with van der Waals surface area (Å²) in [6.07, 6.45) is -1.06. The Labute approximate surface area is 138 Å². The molecule has 4 atom stereocenters. The molecule has 1 N–H and O–H groups in total. The second-order valence-electron chi connectivity index (χ2n) is 7.65. The van der Waals surface area contributed by atoms with E-state index in [9.17, 15) is 5.11 Å². The van der Waals surface area contributed by atoms with Crippen molar-refractivity contribution in [2.75, 3.05) is 6.61 Å². The van der Waals surface area contributed by atoms with Gasteiger partial charge in [0, 0.05) is 11.3 Å². The fourth-order valence-corrected chi connectivity index (χ4v) is 3.76. The molecule has 0 aromatic heterocycles. The van der Waals surface area contributed by atoms with Crippen molar-refractivity contribution in [1.82, 2.24) is 0 Å². The summed E-state index contributed by atoms with van der Waals surface area (Å²) in [6.45, 7) is 12.0. The Morgan fingerprint density at radius 3 is 2.35 bits per heavy atom. The number of aliphatic hydroxyl groups excluding tert-OH is 1. The minimum Gasteiger partial charge on any atom is -0.374 e. The van der Waals surface area contributed by atoms with Crippen LogP contribution in [0.5, 0.6) is 0 Å². The summed E-state index contributed by atoms with van der Waals surface area (Å²) in [7, 11) is 0. The first-order valence-corrected chi connectivity index (χ1v) is 8.42. The number of benzene rings is 1. The molecule has 0 spiro atoms. The first kappa shape index (κ1) is 16.9. The van der Waals surface area contributed by atoms with Crippen LogP contribution in [-0.2, 0) is 27.4 Å². The zero-order valence-corrected chi connectivity index (χ0v) is 14.8. The molecule has 2 bridgehead atoms. The molecule has 2 heterocycles. The van der Waals surface area contributed by atoms with E-state index in [0.29, 0.717) is 19.8 Å². The maximum absolute atomic E-state index is 10.2. The smallest absolute Gasteiger partial charge is 0.160 e. The van der Waals surface area contributed by atoms with E-state index < -0.39 is 6.29 Å². The second kappa shape index (κ2) is 6.17. The number of aryl methyl sites for hydroxylation is 2. The third kappa shape index (κ3) is 3.05. The number of ether oxygens (including phenoxy) is 3. The molecule has 0 aliphatic carbocycles. The van der Waals surface area contributed by atoms with Crippen LogP contribution >= 0.6 is 0 Å². The Kier molecular flexibility index (Phi) is 4.53. The second-order valence-corrected chi connectivity index (χ2v) is 7.65. The number of fused-ring (bicyclic) bond motifs is 3. The van der Waals surface area contributed by atoms with Gasteiger partial charge in [0.05, 0.1) is 32.0 Å². The van der Waals surface area contributed by atoms with E-state index in [2.05, 4.69) is 39.8 Å². The monoisotopic (exact) mass is 320 g/mol. The third-order valence-corrected chi connectivity index (χ3v) is 5.56. The van der Waals surface area contributed by atoms with Crippen LogP contribution in [-0.4, -0.2) is 30.2 Å². The lowest BCUT2D eigenvalue weighted by atomic mass is 9.73. The van der Waals surface area contributed by atoms with Crippen molar-refractivity contribution in [2.45, 2.75) is 66.3 Å². The van der Waals surface area contributed by atoms with E-state index in [1.807, 2.05) is 6.92 Å². The number of hydrogen-bond donors (Lipinski definition) is 1. The van der Waals surface area contributed by atoms with Crippen LogP contribution in [0, 0.1) is 25.2 Å². The quantitative estimate of drug-likeness (QED) is 0.798. The molecule has 4 nitrogen and oxygen atoms in total. The van der Waals surface area contributed by atoms with Gasteiger partial charge in [0.2, 0.25) is 0 Å². The Bertz CT molecular complexity index is 581. The Hall–Kier alpha value is -0.940. The fraction of sp³-hybridized carbons (Fsp3) is 0.684. The molecule has 0 amide bonds. The average Bonchev–Trinajstić information content (AvgIpc) is 2.47. The highest BCUT2D eigenvalue weighted by atomic mass is 16.6. The zero-order chi connectivity index (χ0) is 16.8. The number of hydrogen-bond acceptors (Lipinski definition) is 4. The standard InChI is InChI=1S/C19H28O4/c1-11-6-14-8-21-10-16-19(4,5)17(13(3)18(20)23-16)22-9-15(14)7-12(11)2/h6-7,13,16-18,20H,8-10H2,1-5H3/t13?,16?,17-,18?/m0/s1. The van der Waals surface area contributed by atoms with Crippen LogP contribution < -0.4 is 0 Å². The van der Waals surface area contributed by atoms with E-state index >= 15 is 0 Å². The van der Waals surface area contributed by atoms with Crippen molar-refractivity contribution in [1.29, 1.82) is 0 Å². The molecule has 128 valence electrons. The molecule has 4 heteroatoms. The molecule has 1 saturated heterocycles. The van der Waals surface area contributed by atoms with Crippen molar-refractivity contribution in [3.63, 3.8) is 0 Å². The Morgan fingerprint density at radius 2 is 1.70 bits per heavy atom. The summed E-state index contributed by atoms with van der Waals surface area (Å²) in [5.74, 6) is -0.0735. The maximum Gasteiger partial charge on any atom is 0.160 e. The van der Waals surface area contributed by atoms with Crippen molar-refractivity contribution in [3.05, 3.63) is 34.4 Å². The van der Waals surface area contributed by atoms with Gasteiger partial charge in [-0.05, 0) is 36.1 Å². The van der Waals surface area contributed by atoms with E-state index in [4.69, 9.17) is 14.2 Å². The van der Waals surface area contributed by atoms with E-state index in [1.54, 1.807) is 0 Å².